The first-order valence-corrected chi connectivity index (χ1v) is 8.69. The third-order valence-corrected chi connectivity index (χ3v) is 4.36. The molecule has 2 aromatic rings. The second kappa shape index (κ2) is 8.31. The summed E-state index contributed by atoms with van der Waals surface area (Å²) in [6, 6.07) is 11.7. The lowest BCUT2D eigenvalue weighted by atomic mass is 10.1. The summed E-state index contributed by atoms with van der Waals surface area (Å²) in [7, 11) is 0. The maximum Gasteiger partial charge on any atom is 0.319 e. The predicted octanol–water partition coefficient (Wildman–Crippen LogP) is 1.67. The number of hydrogen-bond acceptors (Lipinski definition) is 4. The molecule has 4 amide bonds. The first-order valence-electron chi connectivity index (χ1n) is 8.69. The van der Waals surface area contributed by atoms with Gasteiger partial charge in [0.25, 0.3) is 5.91 Å². The molecule has 140 valence electrons. The summed E-state index contributed by atoms with van der Waals surface area (Å²) in [5.41, 5.74) is 6.62. The molecular formula is C19H21N5O3. The molecule has 27 heavy (non-hydrogen) atoms. The summed E-state index contributed by atoms with van der Waals surface area (Å²) in [5, 5.41) is 5.58. The van der Waals surface area contributed by atoms with Gasteiger partial charge < -0.3 is 21.3 Å². The molecule has 0 unspecified atom stereocenters. The molecule has 8 nitrogen and oxygen atoms in total. The Hall–Kier alpha value is -3.42. The first-order chi connectivity index (χ1) is 13.0. The minimum atomic E-state index is -0.634. The number of likely N-dealkylation sites (tertiary alicyclic amines) is 1. The second-order valence-electron chi connectivity index (χ2n) is 6.30. The van der Waals surface area contributed by atoms with E-state index < -0.39 is 11.9 Å². The summed E-state index contributed by atoms with van der Waals surface area (Å²) in [5.74, 6) is -0.533. The van der Waals surface area contributed by atoms with Gasteiger partial charge in [0.1, 0.15) is 5.69 Å². The Morgan fingerprint density at radius 1 is 1.19 bits per heavy atom. The Morgan fingerprint density at radius 2 is 1.96 bits per heavy atom. The fraction of sp³-hybridized carbons (Fsp3) is 0.263. The minimum absolute atomic E-state index is 0.101. The third-order valence-electron chi connectivity index (χ3n) is 4.36. The van der Waals surface area contributed by atoms with E-state index in [4.69, 9.17) is 5.73 Å². The Morgan fingerprint density at radius 3 is 2.56 bits per heavy atom. The van der Waals surface area contributed by atoms with Crippen molar-refractivity contribution in [1.82, 2.24) is 15.2 Å². The van der Waals surface area contributed by atoms with Gasteiger partial charge in [-0.25, -0.2) is 9.78 Å². The lowest BCUT2D eigenvalue weighted by Crippen LogP contribution is -2.40. The third kappa shape index (κ3) is 4.81. The van der Waals surface area contributed by atoms with E-state index in [1.54, 1.807) is 11.0 Å². The van der Waals surface area contributed by atoms with Crippen molar-refractivity contribution < 1.29 is 14.4 Å². The Labute approximate surface area is 156 Å². The van der Waals surface area contributed by atoms with Crippen molar-refractivity contribution in [2.45, 2.75) is 18.9 Å². The largest absolute Gasteiger partial charge is 0.364 e. The van der Waals surface area contributed by atoms with Gasteiger partial charge in [-0.05, 0) is 24.1 Å². The average Bonchev–Trinajstić information content (AvgIpc) is 3.07. The topological polar surface area (TPSA) is 117 Å². The molecule has 0 spiro atoms. The number of nitrogens with zero attached hydrogens (tertiary/aromatic N) is 2. The second-order valence-corrected chi connectivity index (χ2v) is 6.30. The number of amides is 4. The zero-order valence-electron chi connectivity index (χ0n) is 14.7. The molecule has 1 aromatic carbocycles. The van der Waals surface area contributed by atoms with Crippen LogP contribution in [0.3, 0.4) is 0 Å². The Kier molecular flexibility index (Phi) is 5.65. The number of hydrogen-bond donors (Lipinski definition) is 3. The number of nitrogens with two attached hydrogens (primary N) is 1. The molecule has 1 aliphatic heterocycles. The van der Waals surface area contributed by atoms with Gasteiger partial charge in [-0.15, -0.1) is 0 Å². The van der Waals surface area contributed by atoms with Crippen LogP contribution in [0.25, 0.3) is 0 Å². The Balaban J connectivity index is 1.68. The summed E-state index contributed by atoms with van der Waals surface area (Å²) in [4.78, 5) is 41.1. The minimum Gasteiger partial charge on any atom is -0.364 e. The lowest BCUT2D eigenvalue weighted by molar-refractivity contribution is -0.128. The number of primary amides is 1. The summed E-state index contributed by atoms with van der Waals surface area (Å²) >= 11 is 0. The van der Waals surface area contributed by atoms with E-state index in [0.29, 0.717) is 25.2 Å². The zero-order valence-corrected chi connectivity index (χ0v) is 14.7. The van der Waals surface area contributed by atoms with Gasteiger partial charge in [0.15, 0.2) is 0 Å². The molecule has 0 radical (unpaired) electrons. The first kappa shape index (κ1) is 18.4. The van der Waals surface area contributed by atoms with Crippen molar-refractivity contribution in [3.63, 3.8) is 0 Å². The number of pyridine rings is 1. The summed E-state index contributed by atoms with van der Waals surface area (Å²) < 4.78 is 0. The molecule has 1 saturated heterocycles. The molecule has 1 aliphatic rings. The van der Waals surface area contributed by atoms with Gasteiger partial charge in [-0.3, -0.25) is 9.59 Å². The van der Waals surface area contributed by atoms with Crippen LogP contribution in [-0.2, 0) is 4.79 Å². The van der Waals surface area contributed by atoms with E-state index in [9.17, 15) is 14.4 Å². The number of nitrogens with one attached hydrogen (secondary N) is 2. The van der Waals surface area contributed by atoms with Crippen LogP contribution in [0, 0.1) is 0 Å². The smallest absolute Gasteiger partial charge is 0.319 e. The average molecular weight is 367 g/mol. The number of rotatable bonds is 6. The highest BCUT2D eigenvalue weighted by Gasteiger charge is 2.25. The van der Waals surface area contributed by atoms with Crippen LogP contribution in [-0.4, -0.2) is 40.8 Å². The quantitative estimate of drug-likeness (QED) is 0.720. The lowest BCUT2D eigenvalue weighted by Gasteiger charge is -2.25. The summed E-state index contributed by atoms with van der Waals surface area (Å²) in [6.07, 6.45) is 2.75. The summed E-state index contributed by atoms with van der Waals surface area (Å²) in [6.45, 7) is 1.11. The molecule has 8 heteroatoms. The van der Waals surface area contributed by atoms with E-state index in [2.05, 4.69) is 15.6 Å². The van der Waals surface area contributed by atoms with Gasteiger partial charge >= 0.3 is 6.03 Å². The fourth-order valence-electron chi connectivity index (χ4n) is 2.98. The van der Waals surface area contributed by atoms with E-state index in [0.717, 1.165) is 12.0 Å². The van der Waals surface area contributed by atoms with Crippen LogP contribution in [0.1, 0.15) is 34.9 Å². The monoisotopic (exact) mass is 367 g/mol. The molecule has 4 N–H and O–H groups in total. The maximum atomic E-state index is 12.4. The van der Waals surface area contributed by atoms with E-state index >= 15 is 0 Å². The molecule has 0 saturated carbocycles. The van der Waals surface area contributed by atoms with Gasteiger partial charge in [0.2, 0.25) is 5.91 Å². The van der Waals surface area contributed by atoms with Crippen LogP contribution in [0.4, 0.5) is 10.5 Å². The van der Waals surface area contributed by atoms with Crippen LogP contribution in [0.5, 0.6) is 0 Å². The van der Waals surface area contributed by atoms with Gasteiger partial charge in [0.05, 0.1) is 17.9 Å². The number of carbonyl (C=O) groups is 3. The van der Waals surface area contributed by atoms with Crippen molar-refractivity contribution in [1.29, 1.82) is 0 Å². The van der Waals surface area contributed by atoms with Gasteiger partial charge in [0, 0.05) is 19.5 Å². The van der Waals surface area contributed by atoms with Crippen molar-refractivity contribution in [3.8, 4) is 0 Å². The van der Waals surface area contributed by atoms with Crippen molar-refractivity contribution in [3.05, 3.63) is 59.9 Å². The highest BCUT2D eigenvalue weighted by Crippen LogP contribution is 2.19. The van der Waals surface area contributed by atoms with Crippen LogP contribution >= 0.6 is 0 Å². The molecule has 3 rings (SSSR count). The van der Waals surface area contributed by atoms with Crippen LogP contribution in [0.15, 0.2) is 48.7 Å². The molecule has 2 heterocycles. The number of urea groups is 1. The molecule has 1 fully saturated rings. The van der Waals surface area contributed by atoms with Gasteiger partial charge in [-0.1, -0.05) is 30.3 Å². The normalized spacial score (nSPS) is 14.7. The predicted molar refractivity (Wildman–Crippen MR) is 99.9 cm³/mol. The van der Waals surface area contributed by atoms with E-state index in [-0.39, 0.29) is 17.6 Å². The molecule has 0 aliphatic carbocycles. The highest BCUT2D eigenvalue weighted by molar-refractivity contribution is 5.92. The van der Waals surface area contributed by atoms with Crippen LogP contribution < -0.4 is 16.4 Å². The standard InChI is InChI=1S/C19H21N5O3/c20-18(26)15-9-8-14(11-21-15)22-19(27)23-16(13-5-2-1-3-6-13)12-24-10-4-7-17(24)25/h1-3,5-6,8-9,11,16H,4,7,10,12H2,(H2,20,26)(H2,22,23,27)/t16-/m1/s1. The highest BCUT2D eigenvalue weighted by atomic mass is 16.2. The van der Waals surface area contributed by atoms with Crippen molar-refractivity contribution in [2.24, 2.45) is 5.73 Å². The van der Waals surface area contributed by atoms with Crippen LogP contribution in [0.2, 0.25) is 0 Å². The number of aromatic nitrogens is 1. The number of anilines is 1. The van der Waals surface area contributed by atoms with E-state index in [1.165, 1.54) is 12.3 Å². The SMILES string of the molecule is NC(=O)c1ccc(NC(=O)N[C@H](CN2CCCC2=O)c2ccccc2)cn1. The number of carbonyl (C=O) groups excluding carboxylic acids is 3. The molecular weight excluding hydrogens is 346 g/mol. The van der Waals surface area contributed by atoms with Crippen molar-refractivity contribution >= 4 is 23.5 Å². The molecule has 0 bridgehead atoms. The molecule has 1 atom stereocenters. The molecule has 1 aromatic heterocycles. The van der Waals surface area contributed by atoms with Gasteiger partial charge in [-0.2, -0.15) is 0 Å². The van der Waals surface area contributed by atoms with E-state index in [1.807, 2.05) is 30.3 Å². The Bertz CT molecular complexity index is 823. The fourth-order valence-corrected chi connectivity index (χ4v) is 2.98. The maximum absolute atomic E-state index is 12.4. The van der Waals surface area contributed by atoms with Crippen molar-refractivity contribution in [2.75, 3.05) is 18.4 Å². The zero-order chi connectivity index (χ0) is 19.2. The number of benzene rings is 1.